The zero-order chi connectivity index (χ0) is 16.8. The molecule has 0 saturated heterocycles. The maximum atomic E-state index is 13.3. The van der Waals surface area contributed by atoms with Crippen molar-refractivity contribution < 1.29 is 9.50 Å². The van der Waals surface area contributed by atoms with E-state index in [1.54, 1.807) is 0 Å². The van der Waals surface area contributed by atoms with E-state index in [1.807, 2.05) is 46.9 Å². The molecule has 2 nitrogen and oxygen atoms in total. The van der Waals surface area contributed by atoms with E-state index >= 15 is 0 Å². The lowest BCUT2D eigenvalue weighted by Gasteiger charge is -2.20. The van der Waals surface area contributed by atoms with Crippen molar-refractivity contribution >= 4 is 22.6 Å². The molecule has 0 spiro atoms. The molecule has 0 amide bonds. The summed E-state index contributed by atoms with van der Waals surface area (Å²) >= 11 is 2.01. The monoisotopic (exact) mass is 427 g/mol. The first kappa shape index (κ1) is 18.4. The van der Waals surface area contributed by atoms with Crippen LogP contribution >= 0.6 is 22.6 Å². The highest BCUT2D eigenvalue weighted by Crippen LogP contribution is 2.19. The number of nitrogens with one attached hydrogen (secondary N) is 1. The first-order valence-electron chi connectivity index (χ1n) is 7.85. The number of aryl methyl sites for hydroxylation is 1. The molecule has 0 fully saturated rings. The second-order valence-corrected chi connectivity index (χ2v) is 7.14. The summed E-state index contributed by atoms with van der Waals surface area (Å²) in [5.74, 6) is -0.0209. The van der Waals surface area contributed by atoms with E-state index < -0.39 is 0 Å². The minimum atomic E-state index is -0.186. The van der Waals surface area contributed by atoms with Crippen molar-refractivity contribution in [3.05, 3.63) is 68.5 Å². The topological polar surface area (TPSA) is 32.3 Å². The Bertz CT molecular complexity index is 647. The molecule has 2 aromatic carbocycles. The zero-order valence-electron chi connectivity index (χ0n) is 13.5. The highest BCUT2D eigenvalue weighted by molar-refractivity contribution is 14.1. The van der Waals surface area contributed by atoms with E-state index in [0.29, 0.717) is 3.57 Å². The number of rotatable bonds is 7. The largest absolute Gasteiger partial charge is 0.396 e. The Kier molecular flexibility index (Phi) is 6.99. The lowest BCUT2D eigenvalue weighted by Crippen LogP contribution is -2.29. The molecule has 2 aromatic rings. The predicted octanol–water partition coefficient (Wildman–Crippen LogP) is 4.24. The van der Waals surface area contributed by atoms with Crippen molar-refractivity contribution in [2.75, 3.05) is 13.2 Å². The number of halogens is 2. The Morgan fingerprint density at radius 1 is 1.22 bits per heavy atom. The van der Waals surface area contributed by atoms with Crippen molar-refractivity contribution in [2.24, 2.45) is 5.92 Å². The lowest BCUT2D eigenvalue weighted by molar-refractivity contribution is 0.218. The molecule has 0 aliphatic heterocycles. The first-order chi connectivity index (χ1) is 11.0. The minimum Gasteiger partial charge on any atom is -0.396 e. The van der Waals surface area contributed by atoms with E-state index in [2.05, 4.69) is 31.3 Å². The second-order valence-electron chi connectivity index (χ2n) is 5.98. The van der Waals surface area contributed by atoms with Gasteiger partial charge in [-0.1, -0.05) is 30.3 Å². The van der Waals surface area contributed by atoms with Crippen molar-refractivity contribution in [3.63, 3.8) is 0 Å². The Balaban J connectivity index is 1.94. The standard InChI is InChI=1S/C19H23FINO/c1-13-5-3-4-6-16(13)9-15(12-23)11-22-14(2)17-7-8-18(20)19(21)10-17/h3-8,10,14-15,22-23H,9,11-12H2,1-2H3. The van der Waals surface area contributed by atoms with E-state index in [0.717, 1.165) is 18.5 Å². The van der Waals surface area contributed by atoms with E-state index in [-0.39, 0.29) is 24.4 Å². The van der Waals surface area contributed by atoms with Crippen LogP contribution in [0, 0.1) is 22.2 Å². The summed E-state index contributed by atoms with van der Waals surface area (Å²) in [4.78, 5) is 0. The van der Waals surface area contributed by atoms with Crippen molar-refractivity contribution in [1.29, 1.82) is 0 Å². The fraction of sp³-hybridized carbons (Fsp3) is 0.368. The Morgan fingerprint density at radius 2 is 1.96 bits per heavy atom. The van der Waals surface area contributed by atoms with Crippen LogP contribution in [0.15, 0.2) is 42.5 Å². The van der Waals surface area contributed by atoms with Gasteiger partial charge in [-0.15, -0.1) is 0 Å². The summed E-state index contributed by atoms with van der Waals surface area (Å²) in [5.41, 5.74) is 3.59. The molecular weight excluding hydrogens is 404 g/mol. The van der Waals surface area contributed by atoms with Crippen LogP contribution in [0.25, 0.3) is 0 Å². The van der Waals surface area contributed by atoms with Gasteiger partial charge in [-0.25, -0.2) is 4.39 Å². The molecule has 4 heteroatoms. The van der Waals surface area contributed by atoms with Crippen LogP contribution in [0.5, 0.6) is 0 Å². The van der Waals surface area contributed by atoms with E-state index in [1.165, 1.54) is 17.2 Å². The Hall–Kier alpha value is -0.980. The number of hydrogen-bond donors (Lipinski definition) is 2. The highest BCUT2D eigenvalue weighted by Gasteiger charge is 2.13. The summed E-state index contributed by atoms with van der Waals surface area (Å²) in [6.45, 7) is 5.03. The van der Waals surface area contributed by atoms with Crippen molar-refractivity contribution in [1.82, 2.24) is 5.32 Å². The lowest BCUT2D eigenvalue weighted by atomic mass is 9.96. The van der Waals surface area contributed by atoms with Gasteiger partial charge in [0.1, 0.15) is 5.82 Å². The minimum absolute atomic E-state index is 0.120. The van der Waals surface area contributed by atoms with Gasteiger partial charge < -0.3 is 10.4 Å². The maximum Gasteiger partial charge on any atom is 0.136 e. The van der Waals surface area contributed by atoms with Crippen LogP contribution < -0.4 is 5.32 Å². The van der Waals surface area contributed by atoms with Gasteiger partial charge in [-0.05, 0) is 77.6 Å². The number of benzene rings is 2. The third-order valence-electron chi connectivity index (χ3n) is 4.18. The summed E-state index contributed by atoms with van der Waals surface area (Å²) in [7, 11) is 0. The fourth-order valence-electron chi connectivity index (χ4n) is 2.59. The average molecular weight is 427 g/mol. The summed E-state index contributed by atoms with van der Waals surface area (Å²) in [6, 6.07) is 13.6. The van der Waals surface area contributed by atoms with E-state index in [4.69, 9.17) is 0 Å². The smallest absolute Gasteiger partial charge is 0.136 e. The highest BCUT2D eigenvalue weighted by atomic mass is 127. The maximum absolute atomic E-state index is 13.3. The number of hydrogen-bond acceptors (Lipinski definition) is 2. The molecule has 2 N–H and O–H groups in total. The van der Waals surface area contributed by atoms with Crippen LogP contribution in [0.4, 0.5) is 4.39 Å². The zero-order valence-corrected chi connectivity index (χ0v) is 15.7. The van der Waals surface area contributed by atoms with Crippen LogP contribution in [-0.4, -0.2) is 18.3 Å². The molecule has 0 heterocycles. The van der Waals surface area contributed by atoms with Gasteiger partial charge in [0, 0.05) is 22.8 Å². The van der Waals surface area contributed by atoms with Gasteiger partial charge in [0.2, 0.25) is 0 Å². The molecule has 0 aliphatic carbocycles. The SMILES string of the molecule is Cc1ccccc1CC(CO)CNC(C)c1ccc(F)c(I)c1. The molecule has 2 atom stereocenters. The summed E-state index contributed by atoms with van der Waals surface area (Å²) in [6.07, 6.45) is 0.851. The molecule has 0 bridgehead atoms. The first-order valence-corrected chi connectivity index (χ1v) is 8.92. The van der Waals surface area contributed by atoms with Gasteiger partial charge in [-0.2, -0.15) is 0 Å². The van der Waals surface area contributed by atoms with Crippen LogP contribution in [0.1, 0.15) is 29.7 Å². The van der Waals surface area contributed by atoms with Gasteiger partial charge in [0.05, 0.1) is 0 Å². The number of aliphatic hydroxyl groups is 1. The van der Waals surface area contributed by atoms with Gasteiger partial charge in [-0.3, -0.25) is 0 Å². The molecule has 0 aromatic heterocycles. The van der Waals surface area contributed by atoms with Crippen LogP contribution in [-0.2, 0) is 6.42 Å². The summed E-state index contributed by atoms with van der Waals surface area (Å²) in [5, 5.41) is 13.1. The molecule has 0 radical (unpaired) electrons. The average Bonchev–Trinajstić information content (AvgIpc) is 2.55. The van der Waals surface area contributed by atoms with Crippen molar-refractivity contribution in [3.8, 4) is 0 Å². The third kappa shape index (κ3) is 5.26. The molecule has 23 heavy (non-hydrogen) atoms. The molecule has 0 aliphatic rings. The van der Waals surface area contributed by atoms with Crippen molar-refractivity contribution in [2.45, 2.75) is 26.3 Å². The normalized spacial score (nSPS) is 13.8. The van der Waals surface area contributed by atoms with Gasteiger partial charge >= 0.3 is 0 Å². The second kappa shape index (κ2) is 8.76. The Morgan fingerprint density at radius 3 is 2.61 bits per heavy atom. The Labute approximate surface area is 151 Å². The van der Waals surface area contributed by atoms with Gasteiger partial charge in [0.25, 0.3) is 0 Å². The summed E-state index contributed by atoms with van der Waals surface area (Å²) < 4.78 is 14.0. The quantitative estimate of drug-likeness (QED) is 0.648. The van der Waals surface area contributed by atoms with E-state index in [9.17, 15) is 9.50 Å². The third-order valence-corrected chi connectivity index (χ3v) is 5.01. The molecule has 2 rings (SSSR count). The van der Waals surface area contributed by atoms with Crippen LogP contribution in [0.3, 0.4) is 0 Å². The molecular formula is C19H23FINO. The molecule has 0 saturated carbocycles. The van der Waals surface area contributed by atoms with Gasteiger partial charge in [0.15, 0.2) is 0 Å². The molecule has 124 valence electrons. The fourth-order valence-corrected chi connectivity index (χ4v) is 3.13. The van der Waals surface area contributed by atoms with Crippen LogP contribution in [0.2, 0.25) is 0 Å². The number of aliphatic hydroxyl groups excluding tert-OH is 1. The molecule has 2 unspecified atom stereocenters. The predicted molar refractivity (Wildman–Crippen MR) is 101 cm³/mol.